The minimum atomic E-state index is 0.375. The predicted octanol–water partition coefficient (Wildman–Crippen LogP) is 4.32. The number of halogens is 1. The first-order chi connectivity index (χ1) is 10.3. The summed E-state index contributed by atoms with van der Waals surface area (Å²) < 4.78 is 8.57. The third-order valence-corrected chi connectivity index (χ3v) is 3.94. The van der Waals surface area contributed by atoms with E-state index in [1.54, 1.807) is 6.26 Å². The molecule has 4 aromatic rings. The van der Waals surface area contributed by atoms with E-state index in [2.05, 4.69) is 20.9 Å². The number of rotatable bonds is 2. The first-order valence-electron chi connectivity index (χ1n) is 6.37. The van der Waals surface area contributed by atoms with Crippen molar-refractivity contribution in [1.82, 2.24) is 9.38 Å². The number of nitrogens with zero attached hydrogens (tertiary/aromatic N) is 2. The molecule has 21 heavy (non-hydrogen) atoms. The third-order valence-electron chi connectivity index (χ3n) is 3.45. The Balaban J connectivity index is 2.10. The number of benzene rings is 1. The van der Waals surface area contributed by atoms with Crippen molar-refractivity contribution >= 4 is 38.6 Å². The lowest BCUT2D eigenvalue weighted by atomic mass is 10.1. The molecular weight excluding hydrogens is 332 g/mol. The molecule has 1 aromatic carbocycles. The zero-order valence-corrected chi connectivity index (χ0v) is 12.4. The number of aromatic nitrogens is 2. The smallest absolute Gasteiger partial charge is 0.170 e. The Morgan fingerprint density at radius 1 is 1.24 bits per heavy atom. The van der Waals surface area contributed by atoms with E-state index in [-0.39, 0.29) is 0 Å². The van der Waals surface area contributed by atoms with Gasteiger partial charge in [-0.2, -0.15) is 0 Å². The van der Waals surface area contributed by atoms with Gasteiger partial charge in [0.05, 0.1) is 6.26 Å². The van der Waals surface area contributed by atoms with Crippen molar-refractivity contribution in [3.8, 4) is 11.5 Å². The molecule has 102 valence electrons. The molecule has 5 heteroatoms. The van der Waals surface area contributed by atoms with Gasteiger partial charge in [0.25, 0.3) is 0 Å². The first kappa shape index (κ1) is 12.3. The van der Waals surface area contributed by atoms with Crippen LogP contribution in [-0.2, 0) is 0 Å². The molecule has 0 aliphatic carbocycles. The number of carbonyl (C=O) groups excluding carboxylic acids is 1. The summed E-state index contributed by atoms with van der Waals surface area (Å²) in [4.78, 5) is 15.7. The van der Waals surface area contributed by atoms with Gasteiger partial charge in [-0.05, 0) is 30.3 Å². The molecule has 0 aliphatic rings. The van der Waals surface area contributed by atoms with Crippen LogP contribution < -0.4 is 0 Å². The number of fused-ring (bicyclic) bond motifs is 2. The molecule has 3 aromatic heterocycles. The van der Waals surface area contributed by atoms with Crippen LogP contribution in [0.4, 0.5) is 0 Å². The van der Waals surface area contributed by atoms with E-state index in [1.165, 1.54) is 0 Å². The van der Waals surface area contributed by atoms with E-state index in [9.17, 15) is 4.79 Å². The number of furan rings is 1. The van der Waals surface area contributed by atoms with Crippen LogP contribution >= 0.6 is 15.9 Å². The van der Waals surface area contributed by atoms with E-state index >= 15 is 0 Å². The molecule has 3 heterocycles. The van der Waals surface area contributed by atoms with Crippen molar-refractivity contribution < 1.29 is 9.21 Å². The van der Waals surface area contributed by atoms with Crippen molar-refractivity contribution in [2.24, 2.45) is 0 Å². The van der Waals surface area contributed by atoms with Crippen LogP contribution in [0.3, 0.4) is 0 Å². The summed E-state index contributed by atoms with van der Waals surface area (Å²) in [5, 5.41) is 1.93. The highest BCUT2D eigenvalue weighted by Crippen LogP contribution is 2.34. The number of hydrogen-bond acceptors (Lipinski definition) is 3. The maximum atomic E-state index is 11.4. The van der Waals surface area contributed by atoms with Crippen LogP contribution in [-0.4, -0.2) is 15.7 Å². The predicted molar refractivity (Wildman–Crippen MR) is 83.5 cm³/mol. The molecule has 0 atom stereocenters. The number of carbonyl (C=O) groups is 1. The summed E-state index contributed by atoms with van der Waals surface area (Å²) >= 11 is 3.44. The Hall–Kier alpha value is -2.40. The zero-order chi connectivity index (χ0) is 14.4. The largest absolute Gasteiger partial charge is 0.461 e. The van der Waals surface area contributed by atoms with Gasteiger partial charge in [-0.1, -0.05) is 22.0 Å². The fourth-order valence-electron chi connectivity index (χ4n) is 2.53. The molecule has 0 fully saturated rings. The zero-order valence-electron chi connectivity index (χ0n) is 10.8. The average molecular weight is 341 g/mol. The second-order valence-corrected chi connectivity index (χ2v) is 5.60. The van der Waals surface area contributed by atoms with Crippen LogP contribution in [0, 0.1) is 0 Å². The normalized spacial score (nSPS) is 11.3. The fourth-order valence-corrected chi connectivity index (χ4v) is 2.91. The highest BCUT2D eigenvalue weighted by molar-refractivity contribution is 9.10. The molecule has 0 saturated heterocycles. The molecule has 0 unspecified atom stereocenters. The van der Waals surface area contributed by atoms with Gasteiger partial charge in [0.2, 0.25) is 0 Å². The molecule has 4 nitrogen and oxygen atoms in total. The van der Waals surface area contributed by atoms with E-state index in [0.29, 0.717) is 17.1 Å². The fraction of sp³-hybridized carbons (Fsp3) is 0. The highest BCUT2D eigenvalue weighted by atomic mass is 79.9. The molecule has 0 aliphatic heterocycles. The van der Waals surface area contributed by atoms with Crippen LogP contribution in [0.2, 0.25) is 0 Å². The standard InChI is InChI=1S/C16H9BrN2O2/c17-11-4-5-12-10(7-11)9-21-16(12)15-13(8-20)18-14-3-1-2-6-19(14)15/h1-9H. The lowest BCUT2D eigenvalue weighted by Crippen LogP contribution is -1.89. The van der Waals surface area contributed by atoms with Gasteiger partial charge in [-0.25, -0.2) is 4.98 Å². The maximum absolute atomic E-state index is 11.4. The Morgan fingerprint density at radius 3 is 3.00 bits per heavy atom. The van der Waals surface area contributed by atoms with E-state index in [0.717, 1.165) is 27.2 Å². The van der Waals surface area contributed by atoms with Crippen LogP contribution in [0.15, 0.2) is 57.7 Å². The summed E-state index contributed by atoms with van der Waals surface area (Å²) in [6.07, 6.45) is 4.32. The van der Waals surface area contributed by atoms with Crippen molar-refractivity contribution in [2.75, 3.05) is 0 Å². The molecular formula is C16H9BrN2O2. The number of aldehydes is 1. The van der Waals surface area contributed by atoms with Gasteiger partial charge in [0.15, 0.2) is 12.0 Å². The molecule has 0 amide bonds. The summed E-state index contributed by atoms with van der Waals surface area (Å²) in [7, 11) is 0. The van der Waals surface area contributed by atoms with Crippen molar-refractivity contribution in [3.05, 3.63) is 59.0 Å². The molecule has 0 bridgehead atoms. The molecule has 0 spiro atoms. The number of pyridine rings is 1. The van der Waals surface area contributed by atoms with Gasteiger partial charge in [0.1, 0.15) is 17.0 Å². The molecule has 0 N–H and O–H groups in total. The monoisotopic (exact) mass is 340 g/mol. The minimum absolute atomic E-state index is 0.375. The Morgan fingerprint density at radius 2 is 2.14 bits per heavy atom. The van der Waals surface area contributed by atoms with Crippen molar-refractivity contribution in [1.29, 1.82) is 0 Å². The van der Waals surface area contributed by atoms with Gasteiger partial charge < -0.3 is 4.42 Å². The van der Waals surface area contributed by atoms with Crippen molar-refractivity contribution in [2.45, 2.75) is 0 Å². The summed E-state index contributed by atoms with van der Waals surface area (Å²) in [6.45, 7) is 0. The van der Waals surface area contributed by atoms with Gasteiger partial charge in [-0.15, -0.1) is 0 Å². The average Bonchev–Trinajstić information content (AvgIpc) is 3.06. The maximum Gasteiger partial charge on any atom is 0.170 e. The van der Waals surface area contributed by atoms with E-state index in [1.807, 2.05) is 47.0 Å². The van der Waals surface area contributed by atoms with Gasteiger partial charge in [-0.3, -0.25) is 9.20 Å². The van der Waals surface area contributed by atoms with E-state index in [4.69, 9.17) is 4.42 Å². The Labute approximate surface area is 128 Å². The van der Waals surface area contributed by atoms with Crippen LogP contribution in [0.25, 0.3) is 27.9 Å². The Kier molecular flexibility index (Phi) is 2.68. The SMILES string of the molecule is O=Cc1nc2ccccn2c1-c1occ2cc(Br)ccc12. The Bertz CT molecular complexity index is 984. The quantitative estimate of drug-likeness (QED) is 0.510. The second-order valence-electron chi connectivity index (χ2n) is 4.69. The summed E-state index contributed by atoms with van der Waals surface area (Å²) in [5.41, 5.74) is 1.77. The summed E-state index contributed by atoms with van der Waals surface area (Å²) in [5.74, 6) is 0.651. The third kappa shape index (κ3) is 1.81. The van der Waals surface area contributed by atoms with Gasteiger partial charge in [0, 0.05) is 21.4 Å². The number of hydrogen-bond donors (Lipinski definition) is 0. The number of imidazole rings is 1. The highest BCUT2D eigenvalue weighted by Gasteiger charge is 2.18. The van der Waals surface area contributed by atoms with Gasteiger partial charge >= 0.3 is 0 Å². The lowest BCUT2D eigenvalue weighted by molar-refractivity contribution is 0.112. The molecule has 4 rings (SSSR count). The first-order valence-corrected chi connectivity index (χ1v) is 7.16. The van der Waals surface area contributed by atoms with Crippen LogP contribution in [0.1, 0.15) is 10.5 Å². The topological polar surface area (TPSA) is 47.5 Å². The summed E-state index contributed by atoms with van der Waals surface area (Å²) in [6, 6.07) is 11.5. The second kappa shape index (κ2) is 4.56. The van der Waals surface area contributed by atoms with E-state index < -0.39 is 0 Å². The van der Waals surface area contributed by atoms with Crippen LogP contribution in [0.5, 0.6) is 0 Å². The van der Waals surface area contributed by atoms with Crippen molar-refractivity contribution in [3.63, 3.8) is 0 Å². The molecule has 0 saturated carbocycles. The lowest BCUT2D eigenvalue weighted by Gasteiger charge is -2.00. The molecule has 0 radical (unpaired) electrons. The minimum Gasteiger partial charge on any atom is -0.461 e.